The number of halogens is 2. The summed E-state index contributed by atoms with van der Waals surface area (Å²) in [5, 5.41) is 0. The van der Waals surface area contributed by atoms with Gasteiger partial charge in [-0.05, 0) is 43.0 Å². The lowest BCUT2D eigenvalue weighted by Gasteiger charge is -2.30. The fraction of sp³-hybridized carbons (Fsp3) is 0.533. The van der Waals surface area contributed by atoms with Gasteiger partial charge >= 0.3 is 0 Å². The first-order valence-corrected chi connectivity index (χ1v) is 7.75. The number of methoxy groups -OCH3 is 1. The number of hydrogen-bond acceptors (Lipinski definition) is 3. The lowest BCUT2D eigenvalue weighted by molar-refractivity contribution is -0.132. The third kappa shape index (κ3) is 5.16. The topological polar surface area (TPSA) is 55.6 Å². The number of ether oxygens (including phenoxy) is 1. The first-order chi connectivity index (χ1) is 9.60. The summed E-state index contributed by atoms with van der Waals surface area (Å²) in [7, 11) is 1.65. The summed E-state index contributed by atoms with van der Waals surface area (Å²) in [6.07, 6.45) is 3.03. The van der Waals surface area contributed by atoms with Gasteiger partial charge in [0.05, 0.1) is 7.11 Å². The second-order valence-corrected chi connectivity index (χ2v) is 6.09. The molecule has 0 atom stereocenters. The van der Waals surface area contributed by atoms with Crippen molar-refractivity contribution in [2.24, 2.45) is 5.73 Å². The third-order valence-electron chi connectivity index (χ3n) is 3.74. The number of nitrogens with zero attached hydrogens (tertiary/aromatic N) is 1. The van der Waals surface area contributed by atoms with E-state index in [2.05, 4.69) is 15.9 Å². The molecule has 4 nitrogen and oxygen atoms in total. The summed E-state index contributed by atoms with van der Waals surface area (Å²) in [6.45, 7) is 1.57. The summed E-state index contributed by atoms with van der Waals surface area (Å²) >= 11 is 3.45. The van der Waals surface area contributed by atoms with Gasteiger partial charge in [0.15, 0.2) is 0 Å². The molecule has 0 bridgehead atoms. The predicted molar refractivity (Wildman–Crippen MR) is 90.1 cm³/mol. The van der Waals surface area contributed by atoms with Gasteiger partial charge in [0.25, 0.3) is 0 Å². The molecule has 0 spiro atoms. The summed E-state index contributed by atoms with van der Waals surface area (Å²) in [6, 6.07) is 6.13. The smallest absolute Gasteiger partial charge is 0.222 e. The zero-order valence-electron chi connectivity index (χ0n) is 12.2. The number of hydrogen-bond donors (Lipinski definition) is 1. The SMILES string of the molecule is COc1ccc(Br)cc1CCC(=O)N1CCC(N)CC1.Cl. The van der Waals surface area contributed by atoms with E-state index < -0.39 is 0 Å². The largest absolute Gasteiger partial charge is 0.496 e. The van der Waals surface area contributed by atoms with Crippen molar-refractivity contribution >= 4 is 34.2 Å². The maximum Gasteiger partial charge on any atom is 0.222 e. The second-order valence-electron chi connectivity index (χ2n) is 5.17. The molecular weight excluding hydrogens is 356 g/mol. The Morgan fingerprint density at radius 1 is 1.43 bits per heavy atom. The molecule has 1 saturated heterocycles. The van der Waals surface area contributed by atoms with Crippen molar-refractivity contribution in [1.29, 1.82) is 0 Å². The molecule has 1 aliphatic heterocycles. The molecule has 118 valence electrons. The van der Waals surface area contributed by atoms with E-state index in [1.807, 2.05) is 23.1 Å². The van der Waals surface area contributed by atoms with Crippen molar-refractivity contribution in [3.63, 3.8) is 0 Å². The Morgan fingerprint density at radius 2 is 2.10 bits per heavy atom. The summed E-state index contributed by atoms with van der Waals surface area (Å²) in [5.74, 6) is 1.04. The van der Waals surface area contributed by atoms with E-state index in [1.165, 1.54) is 0 Å². The fourth-order valence-corrected chi connectivity index (χ4v) is 2.90. The van der Waals surface area contributed by atoms with Crippen molar-refractivity contribution in [3.05, 3.63) is 28.2 Å². The van der Waals surface area contributed by atoms with Crippen LogP contribution in [0.4, 0.5) is 0 Å². The van der Waals surface area contributed by atoms with Gasteiger partial charge in [0.2, 0.25) is 5.91 Å². The molecule has 1 aliphatic rings. The van der Waals surface area contributed by atoms with Gasteiger partial charge in [-0.2, -0.15) is 0 Å². The van der Waals surface area contributed by atoms with E-state index in [9.17, 15) is 4.79 Å². The minimum Gasteiger partial charge on any atom is -0.496 e. The number of carbonyl (C=O) groups excluding carboxylic acids is 1. The molecule has 0 unspecified atom stereocenters. The van der Waals surface area contributed by atoms with Crippen LogP contribution in [0.5, 0.6) is 5.75 Å². The Bertz CT molecular complexity index is 477. The first-order valence-electron chi connectivity index (χ1n) is 6.96. The lowest BCUT2D eigenvalue weighted by Crippen LogP contribution is -2.42. The minimum atomic E-state index is 0. The maximum atomic E-state index is 12.2. The predicted octanol–water partition coefficient (Wildman–Crippen LogP) is 2.76. The standard InChI is InChI=1S/C15H21BrN2O2.ClH/c1-20-14-4-3-12(16)10-11(14)2-5-15(19)18-8-6-13(17)7-9-18;/h3-4,10,13H,2,5-9,17H2,1H3;1H. The van der Waals surface area contributed by atoms with Gasteiger partial charge in [-0.1, -0.05) is 15.9 Å². The summed E-state index contributed by atoms with van der Waals surface area (Å²) in [4.78, 5) is 14.1. The number of amides is 1. The molecule has 1 aromatic rings. The zero-order chi connectivity index (χ0) is 14.5. The highest BCUT2D eigenvalue weighted by Gasteiger charge is 2.20. The molecule has 0 aliphatic carbocycles. The molecular formula is C15H22BrClN2O2. The summed E-state index contributed by atoms with van der Waals surface area (Å²) < 4.78 is 6.33. The highest BCUT2D eigenvalue weighted by atomic mass is 79.9. The van der Waals surface area contributed by atoms with E-state index >= 15 is 0 Å². The van der Waals surface area contributed by atoms with Crippen molar-refractivity contribution < 1.29 is 9.53 Å². The molecule has 6 heteroatoms. The van der Waals surface area contributed by atoms with Crippen LogP contribution in [0.15, 0.2) is 22.7 Å². The molecule has 1 amide bonds. The molecule has 1 heterocycles. The number of piperidine rings is 1. The Hall–Kier alpha value is -0.780. The van der Waals surface area contributed by atoms with E-state index in [0.717, 1.165) is 41.7 Å². The normalized spacial score (nSPS) is 15.5. The van der Waals surface area contributed by atoms with Gasteiger partial charge in [0, 0.05) is 30.0 Å². The number of carbonyl (C=O) groups is 1. The first kappa shape index (κ1) is 18.3. The van der Waals surface area contributed by atoms with Crippen LogP contribution in [0, 0.1) is 0 Å². The monoisotopic (exact) mass is 376 g/mol. The number of nitrogens with two attached hydrogens (primary N) is 1. The summed E-state index contributed by atoms with van der Waals surface area (Å²) in [5.41, 5.74) is 6.92. The number of benzene rings is 1. The molecule has 2 N–H and O–H groups in total. The van der Waals surface area contributed by atoms with Crippen LogP contribution in [0.2, 0.25) is 0 Å². The van der Waals surface area contributed by atoms with Crippen LogP contribution in [0.3, 0.4) is 0 Å². The van der Waals surface area contributed by atoms with Gasteiger partial charge < -0.3 is 15.4 Å². The highest BCUT2D eigenvalue weighted by molar-refractivity contribution is 9.10. The molecule has 0 aromatic heterocycles. The molecule has 0 saturated carbocycles. The fourth-order valence-electron chi connectivity index (χ4n) is 2.49. The van der Waals surface area contributed by atoms with E-state index in [4.69, 9.17) is 10.5 Å². The van der Waals surface area contributed by atoms with Crippen LogP contribution in [-0.2, 0) is 11.2 Å². The van der Waals surface area contributed by atoms with Crippen molar-refractivity contribution in [2.75, 3.05) is 20.2 Å². The molecule has 2 rings (SSSR count). The number of aryl methyl sites for hydroxylation is 1. The van der Waals surface area contributed by atoms with Crippen LogP contribution in [0.1, 0.15) is 24.8 Å². The second kappa shape index (κ2) is 8.61. The average molecular weight is 378 g/mol. The van der Waals surface area contributed by atoms with E-state index in [1.54, 1.807) is 7.11 Å². The Labute approximate surface area is 140 Å². The van der Waals surface area contributed by atoms with Gasteiger partial charge in [-0.3, -0.25) is 4.79 Å². The molecule has 1 aromatic carbocycles. The third-order valence-corrected chi connectivity index (χ3v) is 4.24. The Balaban J connectivity index is 0.00000220. The number of likely N-dealkylation sites (tertiary alicyclic amines) is 1. The number of rotatable bonds is 4. The van der Waals surface area contributed by atoms with Crippen molar-refractivity contribution in [1.82, 2.24) is 4.90 Å². The molecule has 1 fully saturated rings. The lowest BCUT2D eigenvalue weighted by atomic mass is 10.0. The van der Waals surface area contributed by atoms with Crippen LogP contribution < -0.4 is 10.5 Å². The highest BCUT2D eigenvalue weighted by Crippen LogP contribution is 2.24. The van der Waals surface area contributed by atoms with Crippen LogP contribution >= 0.6 is 28.3 Å². The van der Waals surface area contributed by atoms with Gasteiger partial charge in [-0.15, -0.1) is 12.4 Å². The maximum absolute atomic E-state index is 12.2. The van der Waals surface area contributed by atoms with Gasteiger partial charge in [0.1, 0.15) is 5.75 Å². The van der Waals surface area contributed by atoms with E-state index in [0.29, 0.717) is 12.8 Å². The average Bonchev–Trinajstić information content (AvgIpc) is 2.45. The van der Waals surface area contributed by atoms with Gasteiger partial charge in [-0.25, -0.2) is 0 Å². The molecule has 0 radical (unpaired) electrons. The zero-order valence-corrected chi connectivity index (χ0v) is 14.6. The van der Waals surface area contributed by atoms with Crippen molar-refractivity contribution in [2.45, 2.75) is 31.7 Å². The Morgan fingerprint density at radius 3 is 2.71 bits per heavy atom. The van der Waals surface area contributed by atoms with Crippen LogP contribution in [0.25, 0.3) is 0 Å². The van der Waals surface area contributed by atoms with Crippen molar-refractivity contribution in [3.8, 4) is 5.75 Å². The van der Waals surface area contributed by atoms with E-state index in [-0.39, 0.29) is 24.4 Å². The minimum absolute atomic E-state index is 0. The Kier molecular flexibility index (Phi) is 7.49. The van der Waals surface area contributed by atoms with Crippen LogP contribution in [-0.4, -0.2) is 37.0 Å². The quantitative estimate of drug-likeness (QED) is 0.878. The molecule has 21 heavy (non-hydrogen) atoms.